The van der Waals surface area contributed by atoms with Gasteiger partial charge >= 0.3 is 6.18 Å². The van der Waals surface area contributed by atoms with Crippen molar-refractivity contribution in [2.75, 3.05) is 32.8 Å². The highest BCUT2D eigenvalue weighted by Gasteiger charge is 2.45. The molecule has 2 aliphatic rings. The molecule has 0 aromatic heterocycles. The number of nitrogens with zero attached hydrogens (tertiary/aromatic N) is 2. The van der Waals surface area contributed by atoms with Crippen molar-refractivity contribution >= 4 is 29.9 Å². The largest absolute Gasteiger partial charge is 0.392 e. The Morgan fingerprint density at radius 1 is 1.19 bits per heavy atom. The van der Waals surface area contributed by atoms with Gasteiger partial charge in [0.1, 0.15) is 0 Å². The number of halogens is 4. The molecular weight excluding hydrogens is 398 g/mol. The van der Waals surface area contributed by atoms with Crippen LogP contribution in [0.3, 0.4) is 0 Å². The maximum Gasteiger partial charge on any atom is 0.392 e. The summed E-state index contributed by atoms with van der Waals surface area (Å²) >= 11 is 0. The number of hydrogen-bond acceptors (Lipinski definition) is 2. The first kappa shape index (κ1) is 18.8. The van der Waals surface area contributed by atoms with Gasteiger partial charge in [-0.15, -0.1) is 24.0 Å². The molecule has 8 heteroatoms. The van der Waals surface area contributed by atoms with Crippen molar-refractivity contribution in [3.05, 3.63) is 0 Å². The molecular formula is C13H23F3IN3O. The topological polar surface area (TPSA) is 50.8 Å². The Morgan fingerprint density at radius 3 is 2.43 bits per heavy atom. The second kappa shape index (κ2) is 8.40. The van der Waals surface area contributed by atoms with Gasteiger partial charge in [0.25, 0.3) is 0 Å². The van der Waals surface area contributed by atoms with E-state index in [1.165, 1.54) is 0 Å². The van der Waals surface area contributed by atoms with Crippen LogP contribution in [-0.4, -0.2) is 49.9 Å². The fourth-order valence-electron chi connectivity index (χ4n) is 2.96. The third-order valence-electron chi connectivity index (χ3n) is 4.15. The maximum atomic E-state index is 13.0. The van der Waals surface area contributed by atoms with E-state index in [4.69, 9.17) is 10.5 Å². The summed E-state index contributed by atoms with van der Waals surface area (Å²) in [6.45, 7) is 2.66. The van der Waals surface area contributed by atoms with Gasteiger partial charge in [0.2, 0.25) is 0 Å². The van der Waals surface area contributed by atoms with E-state index in [1.54, 1.807) is 0 Å². The molecule has 1 saturated carbocycles. The normalized spacial score (nSPS) is 28.1. The van der Waals surface area contributed by atoms with Crippen LogP contribution in [-0.2, 0) is 4.74 Å². The van der Waals surface area contributed by atoms with Crippen LogP contribution in [0, 0.1) is 11.8 Å². The molecule has 4 nitrogen and oxygen atoms in total. The van der Waals surface area contributed by atoms with Gasteiger partial charge < -0.3 is 15.4 Å². The van der Waals surface area contributed by atoms with Gasteiger partial charge in [-0.1, -0.05) is 12.8 Å². The zero-order valence-corrected chi connectivity index (χ0v) is 14.3. The van der Waals surface area contributed by atoms with Crippen molar-refractivity contribution in [3.63, 3.8) is 0 Å². The van der Waals surface area contributed by atoms with E-state index in [9.17, 15) is 13.2 Å². The Balaban J connectivity index is 0.00000220. The standard InChI is InChI=1S/C13H22F3N3O.HI/c14-13(15,16)11-4-2-1-3-10(11)9-18-12(17)19-5-7-20-8-6-19;/h10-11H,1-9H2,(H2,17,18);1H. The average Bonchev–Trinajstić information content (AvgIpc) is 2.45. The summed E-state index contributed by atoms with van der Waals surface area (Å²) in [6, 6.07) is 0. The van der Waals surface area contributed by atoms with E-state index < -0.39 is 18.0 Å². The molecule has 2 unspecified atom stereocenters. The van der Waals surface area contributed by atoms with Gasteiger partial charge in [0.05, 0.1) is 19.1 Å². The Bertz CT molecular complexity index is 346. The second-order valence-corrected chi connectivity index (χ2v) is 5.49. The van der Waals surface area contributed by atoms with Gasteiger partial charge in [0, 0.05) is 19.6 Å². The summed E-state index contributed by atoms with van der Waals surface area (Å²) in [6.07, 6.45) is -1.80. The Hall–Kier alpha value is -0.250. The zero-order chi connectivity index (χ0) is 14.6. The molecule has 21 heavy (non-hydrogen) atoms. The van der Waals surface area contributed by atoms with Crippen LogP contribution in [0.25, 0.3) is 0 Å². The molecule has 0 amide bonds. The Labute approximate surface area is 140 Å². The van der Waals surface area contributed by atoms with Crippen LogP contribution in [0.4, 0.5) is 13.2 Å². The third kappa shape index (κ3) is 5.46. The van der Waals surface area contributed by atoms with Crippen molar-refractivity contribution in [2.45, 2.75) is 31.9 Å². The van der Waals surface area contributed by atoms with E-state index in [0.717, 1.165) is 6.42 Å². The summed E-state index contributed by atoms with van der Waals surface area (Å²) in [7, 11) is 0. The van der Waals surface area contributed by atoms with Gasteiger partial charge in [-0.2, -0.15) is 13.2 Å². The number of guanidine groups is 1. The van der Waals surface area contributed by atoms with Crippen LogP contribution in [0.1, 0.15) is 25.7 Å². The number of hydrogen-bond donors (Lipinski definition) is 1. The van der Waals surface area contributed by atoms with Crippen LogP contribution in [0.15, 0.2) is 4.99 Å². The molecule has 2 atom stereocenters. The van der Waals surface area contributed by atoms with Gasteiger partial charge in [-0.3, -0.25) is 4.99 Å². The summed E-state index contributed by atoms with van der Waals surface area (Å²) in [5, 5.41) is 0. The highest BCUT2D eigenvalue weighted by Crippen LogP contribution is 2.41. The number of aliphatic imine (C=N–C) groups is 1. The third-order valence-corrected chi connectivity index (χ3v) is 4.15. The molecule has 0 aromatic carbocycles. The predicted octanol–water partition coefficient (Wildman–Crippen LogP) is 2.62. The van der Waals surface area contributed by atoms with Gasteiger partial charge in [-0.05, 0) is 18.8 Å². The lowest BCUT2D eigenvalue weighted by molar-refractivity contribution is -0.195. The molecule has 2 rings (SSSR count). The monoisotopic (exact) mass is 421 g/mol. The fraction of sp³-hybridized carbons (Fsp3) is 0.923. The van der Waals surface area contributed by atoms with E-state index in [1.807, 2.05) is 4.90 Å². The molecule has 0 aromatic rings. The lowest BCUT2D eigenvalue weighted by atomic mass is 9.79. The van der Waals surface area contributed by atoms with Crippen molar-refractivity contribution in [1.29, 1.82) is 0 Å². The Kier molecular flexibility index (Phi) is 7.52. The first-order valence-electron chi connectivity index (χ1n) is 7.18. The fourth-order valence-corrected chi connectivity index (χ4v) is 2.96. The second-order valence-electron chi connectivity index (χ2n) is 5.49. The number of nitrogens with two attached hydrogens (primary N) is 1. The highest BCUT2D eigenvalue weighted by molar-refractivity contribution is 14.0. The lowest BCUT2D eigenvalue weighted by Crippen LogP contribution is -2.45. The summed E-state index contributed by atoms with van der Waals surface area (Å²) in [5.41, 5.74) is 5.86. The molecule has 1 heterocycles. The minimum absolute atomic E-state index is 0. The first-order valence-corrected chi connectivity index (χ1v) is 7.18. The van der Waals surface area contributed by atoms with Gasteiger partial charge in [0.15, 0.2) is 5.96 Å². The predicted molar refractivity (Wildman–Crippen MR) is 85.8 cm³/mol. The number of morpholine rings is 1. The quantitative estimate of drug-likeness (QED) is 0.424. The van der Waals surface area contributed by atoms with Crippen molar-refractivity contribution in [3.8, 4) is 0 Å². The smallest absolute Gasteiger partial charge is 0.378 e. The molecule has 2 N–H and O–H groups in total. The van der Waals surface area contributed by atoms with E-state index in [0.29, 0.717) is 45.1 Å². The molecule has 1 aliphatic carbocycles. The molecule has 0 spiro atoms. The van der Waals surface area contributed by atoms with Crippen LogP contribution >= 0.6 is 24.0 Å². The van der Waals surface area contributed by atoms with Crippen molar-refractivity contribution < 1.29 is 17.9 Å². The molecule has 0 bridgehead atoms. The molecule has 0 radical (unpaired) electrons. The lowest BCUT2D eigenvalue weighted by Gasteiger charge is -2.33. The molecule has 2 fully saturated rings. The molecule has 124 valence electrons. The van der Waals surface area contributed by atoms with Crippen molar-refractivity contribution in [1.82, 2.24) is 4.90 Å². The highest BCUT2D eigenvalue weighted by atomic mass is 127. The van der Waals surface area contributed by atoms with Crippen LogP contribution < -0.4 is 5.73 Å². The number of alkyl halides is 3. The Morgan fingerprint density at radius 2 is 1.81 bits per heavy atom. The summed E-state index contributed by atoms with van der Waals surface area (Å²) in [4.78, 5) is 6.07. The molecule has 1 saturated heterocycles. The van der Waals surface area contributed by atoms with Crippen LogP contribution in [0.5, 0.6) is 0 Å². The summed E-state index contributed by atoms with van der Waals surface area (Å²) < 4.78 is 44.1. The summed E-state index contributed by atoms with van der Waals surface area (Å²) in [5.74, 6) is -1.30. The maximum absolute atomic E-state index is 13.0. The number of rotatable bonds is 2. The van der Waals surface area contributed by atoms with Crippen molar-refractivity contribution in [2.24, 2.45) is 22.6 Å². The first-order chi connectivity index (χ1) is 9.48. The minimum atomic E-state index is -4.12. The minimum Gasteiger partial charge on any atom is -0.378 e. The van der Waals surface area contributed by atoms with E-state index in [-0.39, 0.29) is 36.9 Å². The zero-order valence-electron chi connectivity index (χ0n) is 11.9. The average molecular weight is 421 g/mol. The molecule has 1 aliphatic heterocycles. The number of ether oxygens (including phenoxy) is 1. The SMILES string of the molecule is I.NC(=NCC1CCCCC1C(F)(F)F)N1CCOCC1. The van der Waals surface area contributed by atoms with E-state index >= 15 is 0 Å². The van der Waals surface area contributed by atoms with Crippen LogP contribution in [0.2, 0.25) is 0 Å². The van der Waals surface area contributed by atoms with Gasteiger partial charge in [-0.25, -0.2) is 0 Å². The van der Waals surface area contributed by atoms with E-state index in [2.05, 4.69) is 4.99 Å².